The summed E-state index contributed by atoms with van der Waals surface area (Å²) < 4.78 is 0. The molecule has 0 saturated heterocycles. The van der Waals surface area contributed by atoms with Gasteiger partial charge in [0.15, 0.2) is 0 Å². The summed E-state index contributed by atoms with van der Waals surface area (Å²) in [6, 6.07) is 0. The third-order valence-corrected chi connectivity index (χ3v) is 0. The van der Waals surface area contributed by atoms with E-state index in [0.717, 1.165) is 0 Å². The van der Waals surface area contributed by atoms with Gasteiger partial charge in [0, 0.05) is 59.1 Å². The van der Waals surface area contributed by atoms with E-state index < -0.39 is 11.5 Å². The van der Waals surface area contributed by atoms with Crippen molar-refractivity contribution in [1.29, 1.82) is 0 Å². The van der Waals surface area contributed by atoms with Gasteiger partial charge in [-0.15, -0.1) is 0 Å². The number of halogens is 4. The topological polar surface area (TPSA) is 0 Å². The molecular formula is Cl4Na2Pd. The average Bonchev–Trinajstić information content (AvgIpc) is 0.722. The van der Waals surface area contributed by atoms with Crippen LogP contribution in [0.5, 0.6) is 0 Å². The third kappa shape index (κ3) is 41.1. The van der Waals surface area contributed by atoms with E-state index in [1.54, 1.807) is 0 Å². The molecule has 0 aliphatic heterocycles. The van der Waals surface area contributed by atoms with Crippen LogP contribution in [0.1, 0.15) is 0 Å². The van der Waals surface area contributed by atoms with Crippen molar-refractivity contribution < 1.29 is 11.5 Å². The van der Waals surface area contributed by atoms with E-state index in [1.807, 2.05) is 0 Å². The van der Waals surface area contributed by atoms with Crippen molar-refractivity contribution in [3.05, 3.63) is 0 Å². The van der Waals surface area contributed by atoms with Crippen LogP contribution in [-0.2, 0) is 11.5 Å². The van der Waals surface area contributed by atoms with Gasteiger partial charge in [-0.2, -0.15) is 0 Å². The summed E-state index contributed by atoms with van der Waals surface area (Å²) in [6.07, 6.45) is 0. The molecular weight excluding hydrogens is 294 g/mol. The normalized spacial score (nSPS) is 10.9. The van der Waals surface area contributed by atoms with E-state index in [2.05, 4.69) is 0 Å². The van der Waals surface area contributed by atoms with Crippen molar-refractivity contribution in [3.63, 3.8) is 0 Å². The van der Waals surface area contributed by atoms with Crippen LogP contribution in [0.3, 0.4) is 0 Å². The fraction of sp³-hybridized carbons (Fsp3) is 0. The van der Waals surface area contributed by atoms with E-state index in [4.69, 9.17) is 38.1 Å². The fourth-order valence-corrected chi connectivity index (χ4v) is 0. The summed E-state index contributed by atoms with van der Waals surface area (Å²) in [4.78, 5) is 0. The van der Waals surface area contributed by atoms with Gasteiger partial charge < -0.3 is 0 Å². The first-order valence-corrected chi connectivity index (χ1v) is 8.49. The molecule has 0 aromatic carbocycles. The zero-order valence-corrected chi connectivity index (χ0v) is 12.4. The summed E-state index contributed by atoms with van der Waals surface area (Å²) in [5.41, 5.74) is 0. The van der Waals surface area contributed by atoms with E-state index in [1.165, 1.54) is 0 Å². The molecule has 0 rings (SSSR count). The van der Waals surface area contributed by atoms with Crippen molar-refractivity contribution in [2.24, 2.45) is 0 Å². The molecule has 0 unspecified atom stereocenters. The minimum atomic E-state index is -2.81. The average molecular weight is 294 g/mol. The maximum Gasteiger partial charge on any atom is 0 e. The number of hydrogen-bond donors (Lipinski definition) is 0. The van der Waals surface area contributed by atoms with Gasteiger partial charge in [-0.25, -0.2) is 0 Å². The third-order valence-electron chi connectivity index (χ3n) is 0. The second-order valence-corrected chi connectivity index (χ2v) is 14.4. The van der Waals surface area contributed by atoms with Crippen LogP contribution in [0.4, 0.5) is 0 Å². The van der Waals surface area contributed by atoms with Gasteiger partial charge in [-0.3, -0.25) is 0 Å². The molecule has 0 aliphatic rings. The van der Waals surface area contributed by atoms with Crippen LogP contribution in [-0.4, -0.2) is 59.1 Å². The molecule has 7 heavy (non-hydrogen) atoms. The first kappa shape index (κ1) is 17.1. The van der Waals surface area contributed by atoms with Crippen LogP contribution >= 0.6 is 38.1 Å². The Bertz CT molecular complexity index is 25.2. The molecule has 0 fully saturated rings. The summed E-state index contributed by atoms with van der Waals surface area (Å²) in [5, 5.41) is 0. The summed E-state index contributed by atoms with van der Waals surface area (Å²) >= 11 is -2.81. The second kappa shape index (κ2) is 7.92. The standard InChI is InChI=1S/4ClH.2Na.Pd/h4*1H;;;/q;;;;;;+4/p-4. The largest absolute Gasteiger partial charge is 0 e. The first-order valence-electron chi connectivity index (χ1n) is 0.478. The summed E-state index contributed by atoms with van der Waals surface area (Å²) in [7, 11) is 19.9. The Morgan fingerprint density at radius 2 is 0.714 bits per heavy atom. The van der Waals surface area contributed by atoms with Crippen LogP contribution in [0.15, 0.2) is 0 Å². The smallest absolute Gasteiger partial charge is 0 e. The Morgan fingerprint density at radius 3 is 0.714 bits per heavy atom. The van der Waals surface area contributed by atoms with Gasteiger partial charge in [-0.1, -0.05) is 0 Å². The minimum Gasteiger partial charge on any atom is 0 e. The van der Waals surface area contributed by atoms with Crippen molar-refractivity contribution >= 4 is 97.2 Å². The molecule has 0 saturated carbocycles. The van der Waals surface area contributed by atoms with E-state index >= 15 is 0 Å². The fourth-order valence-electron chi connectivity index (χ4n) is 0. The maximum atomic E-state index is 4.98. The molecule has 0 aromatic rings. The van der Waals surface area contributed by atoms with Gasteiger partial charge in [0.05, 0.1) is 0 Å². The Hall–Kier alpha value is 3.82. The van der Waals surface area contributed by atoms with Crippen molar-refractivity contribution in [3.8, 4) is 0 Å². The zero-order valence-electron chi connectivity index (χ0n) is 3.83. The molecule has 0 nitrogen and oxygen atoms in total. The molecule has 0 aromatic heterocycles. The van der Waals surface area contributed by atoms with E-state index in [0.29, 0.717) is 0 Å². The number of hydrogen-bond acceptors (Lipinski definition) is 0. The Labute approximate surface area is 106 Å². The monoisotopic (exact) mass is 292 g/mol. The molecule has 0 heterocycles. The minimum absolute atomic E-state index is 0. The molecule has 0 N–H and O–H groups in total. The Morgan fingerprint density at radius 1 is 0.714 bits per heavy atom. The van der Waals surface area contributed by atoms with Crippen molar-refractivity contribution in [2.75, 3.05) is 0 Å². The van der Waals surface area contributed by atoms with Crippen LogP contribution in [0.25, 0.3) is 0 Å². The molecule has 0 amide bonds. The molecule has 2 radical (unpaired) electrons. The van der Waals surface area contributed by atoms with Crippen LogP contribution in [0, 0.1) is 0 Å². The zero-order chi connectivity index (χ0) is 4.50. The van der Waals surface area contributed by atoms with E-state index in [-0.39, 0.29) is 59.1 Å². The van der Waals surface area contributed by atoms with Gasteiger partial charge in [0.2, 0.25) is 0 Å². The Balaban J connectivity index is -0.0000000800. The van der Waals surface area contributed by atoms with Gasteiger partial charge in [-0.05, 0) is 0 Å². The quantitative estimate of drug-likeness (QED) is 0.599. The summed E-state index contributed by atoms with van der Waals surface area (Å²) in [6.45, 7) is 0. The molecule has 0 atom stereocenters. The van der Waals surface area contributed by atoms with Gasteiger partial charge in [0.1, 0.15) is 0 Å². The predicted octanol–water partition coefficient (Wildman–Crippen LogP) is 1.99. The van der Waals surface area contributed by atoms with Crippen molar-refractivity contribution in [2.45, 2.75) is 0 Å². The molecule has 0 spiro atoms. The molecule has 0 bridgehead atoms. The van der Waals surface area contributed by atoms with Gasteiger partial charge in [0.25, 0.3) is 0 Å². The van der Waals surface area contributed by atoms with E-state index in [9.17, 15) is 0 Å². The first-order chi connectivity index (χ1) is 2.00. The van der Waals surface area contributed by atoms with Gasteiger partial charge >= 0.3 is 49.6 Å². The molecule has 7 heteroatoms. The van der Waals surface area contributed by atoms with Crippen molar-refractivity contribution in [1.82, 2.24) is 0 Å². The van der Waals surface area contributed by atoms with Crippen LogP contribution in [0.2, 0.25) is 0 Å². The number of rotatable bonds is 0. The predicted molar refractivity (Wildman–Crippen MR) is 34.9 cm³/mol. The Kier molecular flexibility index (Phi) is 19.3. The maximum absolute atomic E-state index is 4.98. The second-order valence-electron chi connectivity index (χ2n) is 0.271. The SMILES string of the molecule is [Cl][Pd]([Cl])([Cl])[Cl].[Na].[Na]. The molecule has 40 valence electrons. The molecule has 0 aliphatic carbocycles. The van der Waals surface area contributed by atoms with Crippen LogP contribution < -0.4 is 0 Å². The summed E-state index contributed by atoms with van der Waals surface area (Å²) in [5.74, 6) is 0.